The van der Waals surface area contributed by atoms with Gasteiger partial charge in [0, 0.05) is 6.04 Å². The summed E-state index contributed by atoms with van der Waals surface area (Å²) in [5, 5.41) is 0. The number of unbranched alkanes of at least 4 members (excludes halogenated alkanes) is 3. The molecule has 0 spiro atoms. The molecule has 16 heavy (non-hydrogen) atoms. The van der Waals surface area contributed by atoms with Gasteiger partial charge in [0.1, 0.15) is 0 Å². The second kappa shape index (κ2) is 5.77. The van der Waals surface area contributed by atoms with Gasteiger partial charge in [-0.3, -0.25) is 4.90 Å². The van der Waals surface area contributed by atoms with Gasteiger partial charge in [0.25, 0.3) is 0 Å². The van der Waals surface area contributed by atoms with Crippen LogP contribution in [0.2, 0.25) is 0 Å². The molecule has 2 bridgehead atoms. The zero-order valence-electron chi connectivity index (χ0n) is 11.0. The molecule has 0 radical (unpaired) electrons. The zero-order valence-corrected chi connectivity index (χ0v) is 11.8. The number of piperidine rings is 1. The summed E-state index contributed by atoms with van der Waals surface area (Å²) >= 11 is 2.27. The Morgan fingerprint density at radius 1 is 1.19 bits per heavy atom. The SMILES string of the molecule is CCCCCCS[C@]12CCC[C@H](CC1)N2C. The maximum Gasteiger partial charge on any atom is 0.0670 e. The first kappa shape index (κ1) is 12.8. The van der Waals surface area contributed by atoms with Crippen molar-refractivity contribution >= 4 is 11.8 Å². The van der Waals surface area contributed by atoms with Crippen molar-refractivity contribution in [2.45, 2.75) is 75.6 Å². The predicted octanol–water partition coefficient (Wildman–Crippen LogP) is 4.27. The monoisotopic (exact) mass is 241 g/mol. The van der Waals surface area contributed by atoms with Gasteiger partial charge >= 0.3 is 0 Å². The summed E-state index contributed by atoms with van der Waals surface area (Å²) in [5.74, 6) is 1.39. The number of hydrogen-bond acceptors (Lipinski definition) is 2. The normalized spacial score (nSPS) is 34.5. The van der Waals surface area contributed by atoms with E-state index in [0.29, 0.717) is 4.87 Å². The van der Waals surface area contributed by atoms with Crippen molar-refractivity contribution in [3.63, 3.8) is 0 Å². The molecular weight excluding hydrogens is 214 g/mol. The Hall–Kier alpha value is 0.310. The number of rotatable bonds is 6. The van der Waals surface area contributed by atoms with Gasteiger partial charge in [-0.25, -0.2) is 0 Å². The Morgan fingerprint density at radius 2 is 2.06 bits per heavy atom. The van der Waals surface area contributed by atoms with E-state index in [1.54, 1.807) is 0 Å². The molecule has 2 aliphatic rings. The maximum atomic E-state index is 2.71. The van der Waals surface area contributed by atoms with E-state index in [-0.39, 0.29) is 0 Å². The van der Waals surface area contributed by atoms with Crippen LogP contribution in [0.5, 0.6) is 0 Å². The second-order valence-corrected chi connectivity index (χ2v) is 7.01. The average Bonchev–Trinajstić information content (AvgIpc) is 2.51. The van der Waals surface area contributed by atoms with Crippen LogP contribution in [0.4, 0.5) is 0 Å². The fraction of sp³-hybridized carbons (Fsp3) is 1.00. The maximum absolute atomic E-state index is 2.71. The van der Waals surface area contributed by atoms with Crippen LogP contribution in [0.25, 0.3) is 0 Å². The second-order valence-electron chi connectivity index (χ2n) is 5.55. The van der Waals surface area contributed by atoms with E-state index >= 15 is 0 Å². The molecule has 2 heteroatoms. The number of hydrogen-bond donors (Lipinski definition) is 0. The van der Waals surface area contributed by atoms with Gasteiger partial charge in [-0.15, -0.1) is 11.8 Å². The van der Waals surface area contributed by atoms with Crippen LogP contribution in [0.15, 0.2) is 0 Å². The third-order valence-electron chi connectivity index (χ3n) is 4.53. The van der Waals surface area contributed by atoms with Crippen molar-refractivity contribution in [1.29, 1.82) is 0 Å². The fourth-order valence-corrected chi connectivity index (χ4v) is 5.02. The highest BCUT2D eigenvalue weighted by molar-refractivity contribution is 8.00. The quantitative estimate of drug-likeness (QED) is 0.639. The van der Waals surface area contributed by atoms with Gasteiger partial charge in [0.2, 0.25) is 0 Å². The van der Waals surface area contributed by atoms with E-state index < -0.39 is 0 Å². The number of thioether (sulfide) groups is 1. The highest BCUT2D eigenvalue weighted by Crippen LogP contribution is 2.49. The van der Waals surface area contributed by atoms with Crippen molar-refractivity contribution in [2.24, 2.45) is 0 Å². The predicted molar refractivity (Wildman–Crippen MR) is 74.0 cm³/mol. The minimum absolute atomic E-state index is 0.551. The summed E-state index contributed by atoms with van der Waals surface area (Å²) in [7, 11) is 2.37. The van der Waals surface area contributed by atoms with E-state index in [1.165, 1.54) is 63.5 Å². The Balaban J connectivity index is 1.75. The molecule has 2 heterocycles. The topological polar surface area (TPSA) is 3.24 Å². The van der Waals surface area contributed by atoms with Crippen molar-refractivity contribution in [1.82, 2.24) is 4.90 Å². The van der Waals surface area contributed by atoms with E-state index in [1.807, 2.05) is 0 Å². The molecule has 2 saturated heterocycles. The minimum Gasteiger partial charge on any atom is -0.289 e. The lowest BCUT2D eigenvalue weighted by atomic mass is 10.0. The molecule has 2 fully saturated rings. The summed E-state index contributed by atoms with van der Waals surface area (Å²) in [6.07, 6.45) is 12.9. The molecule has 2 atom stereocenters. The van der Waals surface area contributed by atoms with Crippen LogP contribution < -0.4 is 0 Å². The molecular formula is C14H27NS. The lowest BCUT2D eigenvalue weighted by molar-refractivity contribution is 0.154. The van der Waals surface area contributed by atoms with Crippen LogP contribution >= 0.6 is 11.8 Å². The molecule has 2 rings (SSSR count). The molecule has 0 N–H and O–H groups in total. The van der Waals surface area contributed by atoms with Crippen LogP contribution in [-0.4, -0.2) is 28.6 Å². The lowest BCUT2D eigenvalue weighted by Gasteiger charge is -2.42. The van der Waals surface area contributed by atoms with E-state index in [2.05, 4.69) is 30.6 Å². The molecule has 0 amide bonds. The van der Waals surface area contributed by atoms with Crippen LogP contribution in [-0.2, 0) is 0 Å². The number of nitrogens with zero attached hydrogens (tertiary/aromatic N) is 1. The van der Waals surface area contributed by atoms with Gasteiger partial charge < -0.3 is 0 Å². The molecule has 0 saturated carbocycles. The number of fused-ring (bicyclic) bond motifs is 2. The smallest absolute Gasteiger partial charge is 0.0670 e. The van der Waals surface area contributed by atoms with Gasteiger partial charge in [-0.05, 0) is 51.3 Å². The molecule has 0 unspecified atom stereocenters. The third kappa shape index (κ3) is 2.59. The molecule has 2 aliphatic heterocycles. The summed E-state index contributed by atoms with van der Waals surface area (Å²) < 4.78 is 0. The van der Waals surface area contributed by atoms with Crippen molar-refractivity contribution in [3.05, 3.63) is 0 Å². The Bertz CT molecular complexity index is 215. The molecule has 0 aromatic heterocycles. The van der Waals surface area contributed by atoms with Gasteiger partial charge in [-0.2, -0.15) is 0 Å². The van der Waals surface area contributed by atoms with Crippen molar-refractivity contribution < 1.29 is 0 Å². The first-order chi connectivity index (χ1) is 7.78. The molecule has 1 nitrogen and oxygen atoms in total. The fourth-order valence-electron chi connectivity index (χ4n) is 3.39. The van der Waals surface area contributed by atoms with E-state index in [0.717, 1.165) is 6.04 Å². The van der Waals surface area contributed by atoms with Crippen LogP contribution in [0.1, 0.15) is 64.7 Å². The lowest BCUT2D eigenvalue weighted by Crippen LogP contribution is -2.45. The van der Waals surface area contributed by atoms with E-state index in [4.69, 9.17) is 0 Å². The highest BCUT2D eigenvalue weighted by Gasteiger charge is 2.46. The largest absolute Gasteiger partial charge is 0.289 e. The molecule has 0 aromatic carbocycles. The van der Waals surface area contributed by atoms with Gasteiger partial charge in [0.05, 0.1) is 4.87 Å². The highest BCUT2D eigenvalue weighted by atomic mass is 32.2. The first-order valence-electron chi connectivity index (χ1n) is 7.15. The molecule has 94 valence electrons. The minimum atomic E-state index is 0.551. The average molecular weight is 241 g/mol. The standard InChI is InChI=1S/C14H27NS/c1-3-4-5-6-12-16-14-10-7-8-13(9-11-14)15(14)2/h13H,3-12H2,1-2H3/t13-,14-/m1/s1. The first-order valence-corrected chi connectivity index (χ1v) is 8.14. The Labute approximate surface area is 105 Å². The van der Waals surface area contributed by atoms with Gasteiger partial charge in [-0.1, -0.05) is 26.2 Å². The van der Waals surface area contributed by atoms with Crippen LogP contribution in [0.3, 0.4) is 0 Å². The van der Waals surface area contributed by atoms with E-state index in [9.17, 15) is 0 Å². The summed E-state index contributed by atoms with van der Waals surface area (Å²) in [6.45, 7) is 2.29. The zero-order chi connectivity index (χ0) is 11.4. The van der Waals surface area contributed by atoms with Crippen molar-refractivity contribution in [3.8, 4) is 0 Å². The summed E-state index contributed by atoms with van der Waals surface area (Å²) in [5.41, 5.74) is 0. The summed E-state index contributed by atoms with van der Waals surface area (Å²) in [4.78, 5) is 3.26. The summed E-state index contributed by atoms with van der Waals surface area (Å²) in [6, 6.07) is 0.914. The van der Waals surface area contributed by atoms with Crippen LogP contribution in [0, 0.1) is 0 Å². The molecule has 0 aliphatic carbocycles. The Morgan fingerprint density at radius 3 is 2.88 bits per heavy atom. The Kier molecular flexibility index (Phi) is 4.60. The third-order valence-corrected chi connectivity index (χ3v) is 6.26. The van der Waals surface area contributed by atoms with Gasteiger partial charge in [0.15, 0.2) is 0 Å². The van der Waals surface area contributed by atoms with Crippen molar-refractivity contribution in [2.75, 3.05) is 12.8 Å². The molecule has 0 aromatic rings.